The van der Waals surface area contributed by atoms with Gasteiger partial charge >= 0.3 is 0 Å². The summed E-state index contributed by atoms with van der Waals surface area (Å²) < 4.78 is 24.1. The summed E-state index contributed by atoms with van der Waals surface area (Å²) in [5, 5.41) is 11.1. The Morgan fingerprint density at radius 3 is 2.67 bits per heavy atom. The van der Waals surface area contributed by atoms with E-state index < -0.39 is 15.9 Å². The minimum Gasteiger partial charge on any atom is -0.384 e. The average Bonchev–Trinajstić information content (AvgIpc) is 2.45. The van der Waals surface area contributed by atoms with Crippen molar-refractivity contribution in [2.75, 3.05) is 33.0 Å². The molecule has 1 amide bonds. The smallest absolute Gasteiger partial charge is 0.269 e. The number of carbonyl (C=O) groups is 1. The summed E-state index contributed by atoms with van der Waals surface area (Å²) in [5.74, 6) is 4.50. The first-order valence-corrected chi connectivity index (χ1v) is 7.72. The Morgan fingerprint density at radius 1 is 1.43 bits per heavy atom. The molecule has 0 aliphatic carbocycles. The first-order chi connectivity index (χ1) is 9.86. The first-order valence-electron chi connectivity index (χ1n) is 6.11. The number of aromatic nitrogens is 1. The SMILES string of the molecule is CN(C)S(=O)(=O)CCNC(=O)c1ccc(C#CCO)cn1. The maximum absolute atomic E-state index is 11.8. The molecule has 0 atom stereocenters. The minimum atomic E-state index is -3.34. The lowest BCUT2D eigenvalue weighted by atomic mass is 10.2. The van der Waals surface area contributed by atoms with Crippen molar-refractivity contribution < 1.29 is 18.3 Å². The summed E-state index contributed by atoms with van der Waals surface area (Å²) in [6.07, 6.45) is 1.41. The highest BCUT2D eigenvalue weighted by atomic mass is 32.2. The third-order valence-corrected chi connectivity index (χ3v) is 4.34. The average molecular weight is 311 g/mol. The second-order valence-electron chi connectivity index (χ2n) is 4.25. The number of amides is 1. The number of pyridine rings is 1. The zero-order valence-electron chi connectivity index (χ0n) is 11.8. The summed E-state index contributed by atoms with van der Waals surface area (Å²) in [4.78, 5) is 15.7. The van der Waals surface area contributed by atoms with Gasteiger partial charge in [-0.15, -0.1) is 0 Å². The Morgan fingerprint density at radius 2 is 2.14 bits per heavy atom. The number of nitrogens with one attached hydrogen (secondary N) is 1. The second kappa shape index (κ2) is 7.73. The van der Waals surface area contributed by atoms with E-state index in [0.717, 1.165) is 4.31 Å². The molecule has 1 aromatic rings. The molecule has 114 valence electrons. The number of rotatable bonds is 5. The highest BCUT2D eigenvalue weighted by Crippen LogP contribution is 1.99. The van der Waals surface area contributed by atoms with Crippen LogP contribution in [0.5, 0.6) is 0 Å². The number of hydrogen-bond acceptors (Lipinski definition) is 5. The molecule has 1 aromatic heterocycles. The molecular formula is C13H17N3O4S. The van der Waals surface area contributed by atoms with E-state index in [9.17, 15) is 13.2 Å². The van der Waals surface area contributed by atoms with Crippen LogP contribution in [-0.2, 0) is 10.0 Å². The molecule has 1 heterocycles. The van der Waals surface area contributed by atoms with Crippen LogP contribution in [0.1, 0.15) is 16.1 Å². The van der Waals surface area contributed by atoms with E-state index in [2.05, 4.69) is 22.1 Å². The van der Waals surface area contributed by atoms with E-state index in [1.54, 1.807) is 6.07 Å². The lowest BCUT2D eigenvalue weighted by molar-refractivity contribution is 0.0951. The predicted molar refractivity (Wildman–Crippen MR) is 78.0 cm³/mol. The van der Waals surface area contributed by atoms with E-state index >= 15 is 0 Å². The van der Waals surface area contributed by atoms with Crippen molar-refractivity contribution in [2.24, 2.45) is 0 Å². The fourth-order valence-electron chi connectivity index (χ4n) is 1.31. The Labute approximate surface area is 124 Å². The topological polar surface area (TPSA) is 99.6 Å². The van der Waals surface area contributed by atoms with Gasteiger partial charge in [-0.1, -0.05) is 11.8 Å². The van der Waals surface area contributed by atoms with Crippen molar-refractivity contribution in [3.05, 3.63) is 29.6 Å². The van der Waals surface area contributed by atoms with E-state index in [0.29, 0.717) is 5.56 Å². The van der Waals surface area contributed by atoms with Gasteiger partial charge in [-0.2, -0.15) is 0 Å². The van der Waals surface area contributed by atoms with E-state index in [1.807, 2.05) is 0 Å². The molecule has 0 spiro atoms. The van der Waals surface area contributed by atoms with Crippen molar-refractivity contribution in [1.29, 1.82) is 0 Å². The van der Waals surface area contributed by atoms with Gasteiger partial charge in [0.15, 0.2) is 0 Å². The third-order valence-electron chi connectivity index (χ3n) is 2.51. The number of carbonyl (C=O) groups excluding carboxylic acids is 1. The first kappa shape index (κ1) is 17.1. The second-order valence-corrected chi connectivity index (χ2v) is 6.55. The van der Waals surface area contributed by atoms with Crippen LogP contribution in [0.2, 0.25) is 0 Å². The Hall–Kier alpha value is -1.95. The van der Waals surface area contributed by atoms with E-state index in [4.69, 9.17) is 5.11 Å². The molecule has 2 N–H and O–H groups in total. The lowest BCUT2D eigenvalue weighted by Gasteiger charge is -2.11. The number of sulfonamides is 1. The van der Waals surface area contributed by atoms with Gasteiger partial charge in [0.05, 0.1) is 5.75 Å². The van der Waals surface area contributed by atoms with Gasteiger partial charge in [-0.3, -0.25) is 4.79 Å². The number of nitrogens with zero attached hydrogens (tertiary/aromatic N) is 2. The lowest BCUT2D eigenvalue weighted by Crippen LogP contribution is -2.34. The standard InChI is InChI=1S/C13H17N3O4S/c1-16(2)21(19,20)9-7-14-13(18)12-6-5-11(10-15-12)4-3-8-17/h5-6,10,17H,7-9H2,1-2H3,(H,14,18). The monoisotopic (exact) mass is 311 g/mol. The Balaban J connectivity index is 2.57. The molecule has 0 bridgehead atoms. The zero-order chi connectivity index (χ0) is 15.9. The maximum Gasteiger partial charge on any atom is 0.269 e. The van der Waals surface area contributed by atoms with Gasteiger partial charge in [0.1, 0.15) is 12.3 Å². The molecule has 0 saturated heterocycles. The van der Waals surface area contributed by atoms with Gasteiger partial charge in [0, 0.05) is 32.4 Å². The molecule has 1 rings (SSSR count). The Bertz CT molecular complexity index is 642. The van der Waals surface area contributed by atoms with Gasteiger partial charge in [-0.25, -0.2) is 17.7 Å². The van der Waals surface area contributed by atoms with Gasteiger partial charge < -0.3 is 10.4 Å². The largest absolute Gasteiger partial charge is 0.384 e. The molecule has 21 heavy (non-hydrogen) atoms. The van der Waals surface area contributed by atoms with Crippen LogP contribution in [0.15, 0.2) is 18.3 Å². The normalized spacial score (nSPS) is 10.9. The van der Waals surface area contributed by atoms with Crippen LogP contribution in [0, 0.1) is 11.8 Å². The molecule has 0 saturated carbocycles. The number of aliphatic hydroxyl groups excluding tert-OH is 1. The van der Waals surface area contributed by atoms with Crippen molar-refractivity contribution in [1.82, 2.24) is 14.6 Å². The van der Waals surface area contributed by atoms with Crippen LogP contribution in [0.25, 0.3) is 0 Å². The molecule has 0 aliphatic rings. The van der Waals surface area contributed by atoms with Gasteiger partial charge in [0.2, 0.25) is 10.0 Å². The third kappa shape index (κ3) is 5.51. The number of hydrogen-bond donors (Lipinski definition) is 2. The molecule has 0 radical (unpaired) electrons. The molecule has 8 heteroatoms. The summed E-state index contributed by atoms with van der Waals surface area (Å²) in [6.45, 7) is -0.240. The van der Waals surface area contributed by atoms with Gasteiger partial charge in [-0.05, 0) is 12.1 Å². The van der Waals surface area contributed by atoms with E-state index in [-0.39, 0.29) is 24.6 Å². The van der Waals surface area contributed by atoms with Crippen LogP contribution in [0.4, 0.5) is 0 Å². The van der Waals surface area contributed by atoms with Crippen LogP contribution in [-0.4, -0.2) is 61.7 Å². The molecular weight excluding hydrogens is 294 g/mol. The minimum absolute atomic E-state index is 0.00704. The van der Waals surface area contributed by atoms with Crippen LogP contribution >= 0.6 is 0 Å². The molecule has 7 nitrogen and oxygen atoms in total. The molecule has 0 fully saturated rings. The molecule has 0 aromatic carbocycles. The van der Waals surface area contributed by atoms with Crippen molar-refractivity contribution >= 4 is 15.9 Å². The number of aliphatic hydroxyl groups is 1. The summed E-state index contributed by atoms with van der Waals surface area (Å²) in [7, 11) is -0.466. The fourth-order valence-corrected chi connectivity index (χ4v) is 2.04. The summed E-state index contributed by atoms with van der Waals surface area (Å²) in [5.41, 5.74) is 0.752. The quantitative estimate of drug-likeness (QED) is 0.683. The van der Waals surface area contributed by atoms with Gasteiger partial charge in [0.25, 0.3) is 5.91 Å². The zero-order valence-corrected chi connectivity index (χ0v) is 12.6. The van der Waals surface area contributed by atoms with Crippen molar-refractivity contribution in [3.8, 4) is 11.8 Å². The molecule has 0 unspecified atom stereocenters. The highest BCUT2D eigenvalue weighted by Gasteiger charge is 2.14. The summed E-state index contributed by atoms with van der Waals surface area (Å²) >= 11 is 0. The van der Waals surface area contributed by atoms with Crippen LogP contribution in [0.3, 0.4) is 0 Å². The fraction of sp³-hybridized carbons (Fsp3) is 0.385. The van der Waals surface area contributed by atoms with Crippen LogP contribution < -0.4 is 5.32 Å². The molecule has 0 aliphatic heterocycles. The van der Waals surface area contributed by atoms with Crippen molar-refractivity contribution in [3.63, 3.8) is 0 Å². The highest BCUT2D eigenvalue weighted by molar-refractivity contribution is 7.89. The predicted octanol–water partition coefficient (Wildman–Crippen LogP) is -0.953. The summed E-state index contributed by atoms with van der Waals surface area (Å²) in [6, 6.07) is 3.08. The van der Waals surface area contributed by atoms with E-state index in [1.165, 1.54) is 26.4 Å². The maximum atomic E-state index is 11.8. The van der Waals surface area contributed by atoms with Crippen molar-refractivity contribution in [2.45, 2.75) is 0 Å². The Kier molecular flexibility index (Phi) is 6.30.